The van der Waals surface area contributed by atoms with Crippen molar-refractivity contribution in [1.29, 1.82) is 0 Å². The summed E-state index contributed by atoms with van der Waals surface area (Å²) in [4.78, 5) is 12.0. The fourth-order valence-corrected chi connectivity index (χ4v) is 2.72. The van der Waals surface area contributed by atoms with Crippen molar-refractivity contribution in [2.24, 2.45) is 5.92 Å². The molecule has 0 radical (unpaired) electrons. The van der Waals surface area contributed by atoms with Crippen molar-refractivity contribution in [1.82, 2.24) is 5.32 Å². The lowest BCUT2D eigenvalue weighted by atomic mass is 10.0. The largest absolute Gasteiger partial charge is 0.352 e. The van der Waals surface area contributed by atoms with E-state index in [1.54, 1.807) is 18.2 Å². The summed E-state index contributed by atoms with van der Waals surface area (Å²) in [6.45, 7) is 2.75. The van der Waals surface area contributed by atoms with Gasteiger partial charge >= 0.3 is 0 Å². The molecule has 5 heteroatoms. The first kappa shape index (κ1) is 16.6. The summed E-state index contributed by atoms with van der Waals surface area (Å²) in [7, 11) is 0. The number of benzene rings is 1. The van der Waals surface area contributed by atoms with Gasteiger partial charge in [-0.15, -0.1) is 11.6 Å². The van der Waals surface area contributed by atoms with Crippen LogP contribution < -0.4 is 5.32 Å². The topological polar surface area (TPSA) is 29.1 Å². The summed E-state index contributed by atoms with van der Waals surface area (Å²) in [5.74, 6) is 0.859. The molecule has 1 atom stereocenters. The third kappa shape index (κ3) is 5.60. The lowest BCUT2D eigenvalue weighted by Crippen LogP contribution is -2.29. The Balaban J connectivity index is 2.58. The Hall–Kier alpha value is -0.440. The summed E-state index contributed by atoms with van der Waals surface area (Å²) in [5.41, 5.74) is 0.451. The van der Waals surface area contributed by atoms with E-state index < -0.39 is 0 Å². The molecule has 106 valence electrons. The molecule has 19 heavy (non-hydrogen) atoms. The summed E-state index contributed by atoms with van der Waals surface area (Å²) >= 11 is 17.6. The Morgan fingerprint density at radius 3 is 2.63 bits per heavy atom. The number of carbonyl (C=O) groups is 1. The highest BCUT2D eigenvalue weighted by molar-refractivity contribution is 6.36. The predicted molar refractivity (Wildman–Crippen MR) is 82.5 cm³/mol. The van der Waals surface area contributed by atoms with E-state index in [2.05, 4.69) is 12.2 Å². The van der Waals surface area contributed by atoms with Gasteiger partial charge in [0.25, 0.3) is 5.91 Å². The molecular formula is C14H18Cl3NO. The van der Waals surface area contributed by atoms with Crippen molar-refractivity contribution >= 4 is 40.7 Å². The number of carbonyl (C=O) groups excluding carboxylic acids is 1. The van der Waals surface area contributed by atoms with Gasteiger partial charge in [-0.25, -0.2) is 0 Å². The molecule has 0 bridgehead atoms. The minimum atomic E-state index is -0.169. The fraction of sp³-hybridized carbons (Fsp3) is 0.500. The zero-order valence-corrected chi connectivity index (χ0v) is 13.2. The Kier molecular flexibility index (Phi) is 7.59. The minimum Gasteiger partial charge on any atom is -0.352 e. The average molecular weight is 323 g/mol. The van der Waals surface area contributed by atoms with Gasteiger partial charge in [-0.1, -0.05) is 36.5 Å². The van der Waals surface area contributed by atoms with Crippen LogP contribution in [-0.4, -0.2) is 18.3 Å². The quantitative estimate of drug-likeness (QED) is 0.720. The third-order valence-electron chi connectivity index (χ3n) is 2.94. The summed E-state index contributed by atoms with van der Waals surface area (Å²) < 4.78 is 0. The molecule has 0 aromatic heterocycles. The minimum absolute atomic E-state index is 0.169. The van der Waals surface area contributed by atoms with Crippen LogP contribution in [-0.2, 0) is 0 Å². The Bertz CT molecular complexity index is 417. The monoisotopic (exact) mass is 321 g/mol. The Morgan fingerprint density at radius 1 is 1.32 bits per heavy atom. The van der Waals surface area contributed by atoms with E-state index in [0.29, 0.717) is 34.0 Å². The fourth-order valence-electron chi connectivity index (χ4n) is 1.92. The molecule has 0 saturated heterocycles. The molecular weight excluding hydrogens is 305 g/mol. The lowest BCUT2D eigenvalue weighted by molar-refractivity contribution is 0.0946. The number of halogens is 3. The number of hydrogen-bond acceptors (Lipinski definition) is 1. The van der Waals surface area contributed by atoms with Gasteiger partial charge in [-0.05, 0) is 37.0 Å². The van der Waals surface area contributed by atoms with Gasteiger partial charge in [-0.3, -0.25) is 4.79 Å². The molecule has 0 heterocycles. The first-order valence-corrected chi connectivity index (χ1v) is 7.66. The maximum absolute atomic E-state index is 12.0. The van der Waals surface area contributed by atoms with E-state index in [-0.39, 0.29) is 5.91 Å². The zero-order chi connectivity index (χ0) is 14.3. The van der Waals surface area contributed by atoms with Crippen molar-refractivity contribution in [2.45, 2.75) is 26.2 Å². The second-order valence-electron chi connectivity index (χ2n) is 4.47. The van der Waals surface area contributed by atoms with Gasteiger partial charge in [0.1, 0.15) is 0 Å². The standard InChI is InChI=1S/C14H18Cl3NO/c1-2-3-10(6-7-15)9-18-14(19)12-5-4-11(16)8-13(12)17/h4-5,8,10H,2-3,6-7,9H2,1H3,(H,18,19). The van der Waals surface area contributed by atoms with Gasteiger partial charge < -0.3 is 5.32 Å². The second-order valence-corrected chi connectivity index (χ2v) is 5.69. The molecule has 0 saturated carbocycles. The molecule has 0 aliphatic heterocycles. The van der Waals surface area contributed by atoms with Crippen LogP contribution in [0.3, 0.4) is 0 Å². The third-order valence-corrected chi connectivity index (χ3v) is 3.71. The lowest BCUT2D eigenvalue weighted by Gasteiger charge is -2.16. The van der Waals surface area contributed by atoms with Gasteiger partial charge in [0.15, 0.2) is 0 Å². The highest BCUT2D eigenvalue weighted by Gasteiger charge is 2.13. The second kappa shape index (κ2) is 8.68. The molecule has 1 rings (SSSR count). The molecule has 1 aromatic rings. The van der Waals surface area contributed by atoms with Crippen molar-refractivity contribution < 1.29 is 4.79 Å². The Morgan fingerprint density at radius 2 is 2.05 bits per heavy atom. The van der Waals surface area contributed by atoms with Gasteiger partial charge in [0, 0.05) is 17.4 Å². The molecule has 0 aliphatic carbocycles. The molecule has 1 N–H and O–H groups in total. The average Bonchev–Trinajstić information content (AvgIpc) is 2.36. The van der Waals surface area contributed by atoms with Crippen LogP contribution in [0.4, 0.5) is 0 Å². The smallest absolute Gasteiger partial charge is 0.252 e. The number of rotatable bonds is 7. The van der Waals surface area contributed by atoms with E-state index in [9.17, 15) is 4.79 Å². The van der Waals surface area contributed by atoms with Gasteiger partial charge in [0.05, 0.1) is 10.6 Å². The van der Waals surface area contributed by atoms with Crippen LogP contribution in [0.15, 0.2) is 18.2 Å². The van der Waals surface area contributed by atoms with E-state index in [1.165, 1.54) is 0 Å². The van der Waals surface area contributed by atoms with Crippen LogP contribution in [0.1, 0.15) is 36.5 Å². The molecule has 1 aromatic carbocycles. The normalized spacial score (nSPS) is 12.2. The maximum Gasteiger partial charge on any atom is 0.252 e. The summed E-state index contributed by atoms with van der Waals surface area (Å²) in [6.07, 6.45) is 3.05. The predicted octanol–water partition coefficient (Wildman–Crippen LogP) is 4.77. The van der Waals surface area contributed by atoms with E-state index in [0.717, 1.165) is 19.3 Å². The maximum atomic E-state index is 12.0. The number of nitrogens with one attached hydrogen (secondary N) is 1. The zero-order valence-electron chi connectivity index (χ0n) is 10.9. The number of alkyl halides is 1. The molecule has 0 aliphatic rings. The van der Waals surface area contributed by atoms with Crippen molar-refractivity contribution in [3.63, 3.8) is 0 Å². The van der Waals surface area contributed by atoms with Crippen LogP contribution in [0.2, 0.25) is 10.0 Å². The van der Waals surface area contributed by atoms with Gasteiger partial charge in [-0.2, -0.15) is 0 Å². The Labute approximate surface area is 129 Å². The first-order chi connectivity index (χ1) is 9.08. The van der Waals surface area contributed by atoms with E-state index in [4.69, 9.17) is 34.8 Å². The van der Waals surface area contributed by atoms with Gasteiger partial charge in [0.2, 0.25) is 0 Å². The van der Waals surface area contributed by atoms with Crippen LogP contribution >= 0.6 is 34.8 Å². The summed E-state index contributed by atoms with van der Waals surface area (Å²) in [6, 6.07) is 4.86. The molecule has 2 nitrogen and oxygen atoms in total. The SMILES string of the molecule is CCCC(CCCl)CNC(=O)c1ccc(Cl)cc1Cl. The number of amides is 1. The van der Waals surface area contributed by atoms with Crippen molar-refractivity contribution in [3.05, 3.63) is 33.8 Å². The van der Waals surface area contributed by atoms with E-state index >= 15 is 0 Å². The van der Waals surface area contributed by atoms with E-state index in [1.807, 2.05) is 0 Å². The van der Waals surface area contributed by atoms with Crippen LogP contribution in [0, 0.1) is 5.92 Å². The molecule has 1 amide bonds. The molecule has 1 unspecified atom stereocenters. The summed E-state index contributed by atoms with van der Waals surface area (Å²) in [5, 5.41) is 3.79. The molecule has 0 spiro atoms. The van der Waals surface area contributed by atoms with Crippen molar-refractivity contribution in [2.75, 3.05) is 12.4 Å². The highest BCUT2D eigenvalue weighted by Crippen LogP contribution is 2.21. The highest BCUT2D eigenvalue weighted by atomic mass is 35.5. The number of hydrogen-bond donors (Lipinski definition) is 1. The van der Waals surface area contributed by atoms with Crippen LogP contribution in [0.5, 0.6) is 0 Å². The van der Waals surface area contributed by atoms with Crippen molar-refractivity contribution in [3.8, 4) is 0 Å². The van der Waals surface area contributed by atoms with Crippen LogP contribution in [0.25, 0.3) is 0 Å². The first-order valence-electron chi connectivity index (χ1n) is 6.37. The molecule has 0 fully saturated rings.